The highest BCUT2D eigenvalue weighted by atomic mass is 35.5. The van der Waals surface area contributed by atoms with Gasteiger partial charge in [0.2, 0.25) is 0 Å². The maximum Gasteiger partial charge on any atom is 0.199 e. The van der Waals surface area contributed by atoms with E-state index in [2.05, 4.69) is 21.9 Å². The molecule has 7 nitrogen and oxygen atoms in total. The SMILES string of the molecule is CC1OCC2(CCN(c3ncc(-c4cccc(Cl)c4Cl)n4ncnc34)CC2)C1N. The first-order valence-corrected chi connectivity index (χ1v) is 10.5. The molecule has 5 rings (SSSR count). The van der Waals surface area contributed by atoms with Crippen LogP contribution in [0.4, 0.5) is 5.82 Å². The zero-order valence-corrected chi connectivity index (χ0v) is 17.6. The van der Waals surface area contributed by atoms with E-state index in [4.69, 9.17) is 38.7 Å². The van der Waals surface area contributed by atoms with Gasteiger partial charge in [-0.3, -0.25) is 0 Å². The molecular weight excluding hydrogens is 411 g/mol. The molecule has 29 heavy (non-hydrogen) atoms. The predicted molar refractivity (Wildman–Crippen MR) is 114 cm³/mol. The number of halogens is 2. The van der Waals surface area contributed by atoms with Crippen molar-refractivity contribution in [2.24, 2.45) is 11.1 Å². The quantitative estimate of drug-likeness (QED) is 0.667. The van der Waals surface area contributed by atoms with Crippen molar-refractivity contribution in [2.45, 2.75) is 31.9 Å². The van der Waals surface area contributed by atoms with Crippen LogP contribution in [0.15, 0.2) is 30.7 Å². The molecule has 9 heteroatoms. The minimum Gasteiger partial charge on any atom is -0.376 e. The predicted octanol–water partition coefficient (Wildman–Crippen LogP) is 3.43. The summed E-state index contributed by atoms with van der Waals surface area (Å²) in [7, 11) is 0. The first-order chi connectivity index (χ1) is 14.0. The number of anilines is 1. The Hall–Kier alpha value is -1.93. The molecular formula is C20H22Cl2N6O. The van der Waals surface area contributed by atoms with Crippen LogP contribution in [0.3, 0.4) is 0 Å². The minimum absolute atomic E-state index is 0.0636. The molecule has 0 radical (unpaired) electrons. The maximum absolute atomic E-state index is 6.45. The number of fused-ring (bicyclic) bond motifs is 1. The molecule has 2 aromatic heterocycles. The maximum atomic E-state index is 6.45. The third-order valence-electron chi connectivity index (χ3n) is 6.42. The lowest BCUT2D eigenvalue weighted by molar-refractivity contribution is 0.0974. The number of aromatic nitrogens is 4. The topological polar surface area (TPSA) is 81.6 Å². The molecule has 2 unspecified atom stereocenters. The van der Waals surface area contributed by atoms with E-state index in [0.29, 0.717) is 15.7 Å². The van der Waals surface area contributed by atoms with Crippen LogP contribution < -0.4 is 10.6 Å². The molecule has 2 atom stereocenters. The summed E-state index contributed by atoms with van der Waals surface area (Å²) in [5.74, 6) is 0.819. The smallest absolute Gasteiger partial charge is 0.199 e. The van der Waals surface area contributed by atoms with Crippen molar-refractivity contribution in [3.8, 4) is 11.3 Å². The molecule has 152 valence electrons. The van der Waals surface area contributed by atoms with E-state index in [1.165, 1.54) is 6.33 Å². The van der Waals surface area contributed by atoms with E-state index in [1.807, 2.05) is 12.1 Å². The molecule has 2 N–H and O–H groups in total. The van der Waals surface area contributed by atoms with Gasteiger partial charge in [-0.1, -0.05) is 35.3 Å². The van der Waals surface area contributed by atoms with Gasteiger partial charge in [-0.2, -0.15) is 5.10 Å². The zero-order valence-electron chi connectivity index (χ0n) is 16.1. The van der Waals surface area contributed by atoms with E-state index in [1.54, 1.807) is 16.8 Å². The van der Waals surface area contributed by atoms with Gasteiger partial charge in [0.1, 0.15) is 6.33 Å². The van der Waals surface area contributed by atoms with Crippen LogP contribution in [0.5, 0.6) is 0 Å². The van der Waals surface area contributed by atoms with Crippen molar-refractivity contribution in [2.75, 3.05) is 24.6 Å². The van der Waals surface area contributed by atoms with Crippen molar-refractivity contribution in [3.05, 3.63) is 40.8 Å². The lowest BCUT2D eigenvalue weighted by Crippen LogP contribution is -2.50. The first kappa shape index (κ1) is 19.1. The van der Waals surface area contributed by atoms with Gasteiger partial charge in [-0.15, -0.1) is 0 Å². The fourth-order valence-electron chi connectivity index (χ4n) is 4.55. The normalized spacial score (nSPS) is 23.9. The van der Waals surface area contributed by atoms with Crippen LogP contribution in [-0.2, 0) is 4.74 Å². The Labute approximate surface area is 178 Å². The number of piperidine rings is 1. The van der Waals surface area contributed by atoms with Crippen LogP contribution in [0, 0.1) is 5.41 Å². The summed E-state index contributed by atoms with van der Waals surface area (Å²) in [5, 5.41) is 5.38. The summed E-state index contributed by atoms with van der Waals surface area (Å²) in [5.41, 5.74) is 8.74. The van der Waals surface area contributed by atoms with Crippen molar-refractivity contribution < 1.29 is 4.74 Å². The van der Waals surface area contributed by atoms with E-state index in [9.17, 15) is 0 Å². The number of ether oxygens (including phenoxy) is 1. The van der Waals surface area contributed by atoms with Crippen LogP contribution in [0.25, 0.3) is 16.9 Å². The van der Waals surface area contributed by atoms with Gasteiger partial charge in [-0.25, -0.2) is 14.5 Å². The van der Waals surface area contributed by atoms with Gasteiger partial charge in [0.25, 0.3) is 0 Å². The Morgan fingerprint density at radius 1 is 1.21 bits per heavy atom. The highest BCUT2D eigenvalue weighted by Crippen LogP contribution is 2.42. The average Bonchev–Trinajstić information content (AvgIpc) is 3.32. The summed E-state index contributed by atoms with van der Waals surface area (Å²) in [6.07, 6.45) is 5.39. The van der Waals surface area contributed by atoms with E-state index in [0.717, 1.165) is 49.6 Å². The summed E-state index contributed by atoms with van der Waals surface area (Å²) < 4.78 is 7.61. The Morgan fingerprint density at radius 3 is 2.72 bits per heavy atom. The van der Waals surface area contributed by atoms with Crippen LogP contribution in [0.1, 0.15) is 19.8 Å². The van der Waals surface area contributed by atoms with Gasteiger partial charge < -0.3 is 15.4 Å². The molecule has 2 aliphatic heterocycles. The number of nitrogens with zero attached hydrogens (tertiary/aromatic N) is 5. The summed E-state index contributed by atoms with van der Waals surface area (Å²) in [4.78, 5) is 11.5. The van der Waals surface area contributed by atoms with Crippen molar-refractivity contribution in [1.82, 2.24) is 19.6 Å². The molecule has 1 aromatic carbocycles. The number of hydrogen-bond acceptors (Lipinski definition) is 6. The molecule has 2 saturated heterocycles. The lowest BCUT2D eigenvalue weighted by atomic mass is 9.73. The van der Waals surface area contributed by atoms with Crippen molar-refractivity contribution >= 4 is 34.7 Å². The van der Waals surface area contributed by atoms with Gasteiger partial charge in [0.15, 0.2) is 11.5 Å². The molecule has 2 aliphatic rings. The monoisotopic (exact) mass is 432 g/mol. The Bertz CT molecular complexity index is 1060. The van der Waals surface area contributed by atoms with Crippen molar-refractivity contribution in [3.63, 3.8) is 0 Å². The second kappa shape index (κ2) is 7.09. The fourth-order valence-corrected chi connectivity index (χ4v) is 4.95. The molecule has 2 fully saturated rings. The Morgan fingerprint density at radius 2 is 2.00 bits per heavy atom. The van der Waals surface area contributed by atoms with Gasteiger partial charge in [0.05, 0.1) is 34.6 Å². The summed E-state index contributed by atoms with van der Waals surface area (Å²) in [6, 6.07) is 5.60. The molecule has 0 bridgehead atoms. The molecule has 0 saturated carbocycles. The van der Waals surface area contributed by atoms with Gasteiger partial charge in [0, 0.05) is 30.1 Å². The number of hydrogen-bond donors (Lipinski definition) is 1. The van der Waals surface area contributed by atoms with Crippen molar-refractivity contribution in [1.29, 1.82) is 0 Å². The molecule has 0 amide bonds. The molecule has 0 aliphatic carbocycles. The lowest BCUT2D eigenvalue weighted by Gasteiger charge is -2.41. The van der Waals surface area contributed by atoms with Crippen LogP contribution in [0.2, 0.25) is 10.0 Å². The number of benzene rings is 1. The molecule has 3 aromatic rings. The van der Waals surface area contributed by atoms with Crippen LogP contribution in [-0.4, -0.2) is 51.4 Å². The molecule has 1 spiro atoms. The highest BCUT2D eigenvalue weighted by Gasteiger charge is 2.47. The molecule has 4 heterocycles. The largest absolute Gasteiger partial charge is 0.376 e. The third-order valence-corrected chi connectivity index (χ3v) is 7.24. The summed E-state index contributed by atoms with van der Waals surface area (Å²) >= 11 is 12.6. The van der Waals surface area contributed by atoms with Gasteiger partial charge in [-0.05, 0) is 25.8 Å². The third kappa shape index (κ3) is 2.99. The van der Waals surface area contributed by atoms with E-state index in [-0.39, 0.29) is 17.6 Å². The second-order valence-corrected chi connectivity index (χ2v) is 8.74. The number of nitrogens with two attached hydrogens (primary N) is 1. The first-order valence-electron chi connectivity index (χ1n) is 9.75. The van der Waals surface area contributed by atoms with E-state index >= 15 is 0 Å². The van der Waals surface area contributed by atoms with Crippen LogP contribution >= 0.6 is 23.2 Å². The Balaban J connectivity index is 1.47. The standard InChI is InChI=1S/C20H22Cl2N6O/c1-12-17(23)20(10-29-12)5-7-27(8-6-20)18-19-25-11-26-28(19)15(9-24-18)13-3-2-4-14(21)16(13)22/h2-4,9,11-12,17H,5-8,10,23H2,1H3. The van der Waals surface area contributed by atoms with Gasteiger partial charge >= 0.3 is 0 Å². The highest BCUT2D eigenvalue weighted by molar-refractivity contribution is 6.43. The minimum atomic E-state index is 0.0636. The zero-order chi connectivity index (χ0) is 20.2. The fraction of sp³-hybridized carbons (Fsp3) is 0.450. The number of rotatable bonds is 2. The van der Waals surface area contributed by atoms with E-state index < -0.39 is 0 Å². The second-order valence-electron chi connectivity index (χ2n) is 7.96. The average molecular weight is 433 g/mol. The Kier molecular flexibility index (Phi) is 4.66. The summed E-state index contributed by atoms with van der Waals surface area (Å²) in [6.45, 7) is 4.52.